The maximum atomic E-state index is 14.0. The summed E-state index contributed by atoms with van der Waals surface area (Å²) in [7, 11) is 0. The van der Waals surface area contributed by atoms with Gasteiger partial charge in [-0.3, -0.25) is 9.78 Å². The highest BCUT2D eigenvalue weighted by atomic mass is 19.1. The van der Waals surface area contributed by atoms with Crippen LogP contribution in [0, 0.1) is 5.82 Å². The van der Waals surface area contributed by atoms with Gasteiger partial charge in [-0.25, -0.2) is 9.18 Å². The molecule has 0 saturated carbocycles. The van der Waals surface area contributed by atoms with Gasteiger partial charge in [0, 0.05) is 23.2 Å². The molecule has 12 nitrogen and oxygen atoms in total. The molecule has 3 rings (SSSR count). The molecule has 1 aromatic heterocycles. The molecule has 2 aromatic rings. The Morgan fingerprint density at radius 3 is 2.14 bits per heavy atom. The van der Waals surface area contributed by atoms with E-state index in [-0.39, 0.29) is 24.9 Å². The number of aromatic nitrogens is 1. The number of halogens is 1. The maximum Gasteiger partial charge on any atom is 0.335 e. The normalized spacial score (nSPS) is 23.8. The van der Waals surface area contributed by atoms with E-state index in [0.29, 0.717) is 33.6 Å². The van der Waals surface area contributed by atoms with Crippen molar-refractivity contribution in [2.45, 2.75) is 102 Å². The molecule has 0 aliphatic carbocycles. The number of hydrogen-bond donors (Lipinski definition) is 7. The summed E-state index contributed by atoms with van der Waals surface area (Å²) < 4.78 is 25.1. The molecule has 242 valence electrons. The summed E-state index contributed by atoms with van der Waals surface area (Å²) in [6.45, 7) is 7.28. The summed E-state index contributed by atoms with van der Waals surface area (Å²) in [5, 5.41) is 69.7. The molecule has 1 aliphatic rings. The van der Waals surface area contributed by atoms with E-state index in [0.717, 1.165) is 0 Å². The van der Waals surface area contributed by atoms with Crippen LogP contribution in [-0.4, -0.2) is 95.6 Å². The van der Waals surface area contributed by atoms with E-state index in [4.69, 9.17) is 19.6 Å². The highest BCUT2D eigenvalue weighted by Gasteiger charge is 2.47. The van der Waals surface area contributed by atoms with Crippen LogP contribution in [0.5, 0.6) is 0 Å². The Balaban J connectivity index is 2.16. The van der Waals surface area contributed by atoms with E-state index in [2.05, 4.69) is 0 Å². The third-order valence-electron chi connectivity index (χ3n) is 7.24. The Labute approximate surface area is 254 Å². The first-order valence-corrected chi connectivity index (χ1v) is 14.2. The van der Waals surface area contributed by atoms with Crippen molar-refractivity contribution in [2.24, 2.45) is 0 Å². The Bertz CT molecular complexity index is 1330. The van der Waals surface area contributed by atoms with E-state index >= 15 is 0 Å². The molecular formula is C31H40FNO11. The van der Waals surface area contributed by atoms with Crippen molar-refractivity contribution < 1.29 is 59.2 Å². The van der Waals surface area contributed by atoms with Gasteiger partial charge in [0.25, 0.3) is 0 Å². The molecule has 0 spiro atoms. The number of rotatable bonds is 13. The van der Waals surface area contributed by atoms with Gasteiger partial charge in [-0.2, -0.15) is 0 Å². The number of benzene rings is 1. The van der Waals surface area contributed by atoms with Crippen molar-refractivity contribution in [3.05, 3.63) is 58.7 Å². The van der Waals surface area contributed by atoms with Crippen LogP contribution in [0.4, 0.5) is 4.39 Å². The lowest BCUT2D eigenvalue weighted by atomic mass is 9.87. The van der Waals surface area contributed by atoms with Gasteiger partial charge in [0.15, 0.2) is 12.4 Å². The van der Waals surface area contributed by atoms with Gasteiger partial charge in [-0.15, -0.1) is 0 Å². The number of aliphatic carboxylic acids is 2. The van der Waals surface area contributed by atoms with Crippen molar-refractivity contribution in [2.75, 3.05) is 0 Å². The molecule has 1 fully saturated rings. The molecule has 0 amide bonds. The Kier molecular flexibility index (Phi) is 12.1. The van der Waals surface area contributed by atoms with Crippen LogP contribution >= 0.6 is 0 Å². The van der Waals surface area contributed by atoms with Crippen LogP contribution in [0.1, 0.15) is 74.9 Å². The third kappa shape index (κ3) is 8.45. The molecule has 44 heavy (non-hydrogen) atoms. The van der Waals surface area contributed by atoms with Gasteiger partial charge < -0.3 is 45.2 Å². The smallest absolute Gasteiger partial charge is 0.335 e. The lowest BCUT2D eigenvalue weighted by molar-refractivity contribution is -0.297. The summed E-state index contributed by atoms with van der Waals surface area (Å²) in [6.07, 6.45) is -9.37. The van der Waals surface area contributed by atoms with E-state index < -0.39 is 67.1 Å². The molecule has 1 aromatic carbocycles. The molecule has 2 heterocycles. The van der Waals surface area contributed by atoms with Crippen LogP contribution in [0.2, 0.25) is 0 Å². The van der Waals surface area contributed by atoms with Gasteiger partial charge in [0.1, 0.15) is 24.1 Å². The number of aliphatic hydroxyl groups excluding tert-OH is 5. The molecule has 0 bridgehead atoms. The third-order valence-corrected chi connectivity index (χ3v) is 7.24. The zero-order valence-corrected chi connectivity index (χ0v) is 24.9. The lowest BCUT2D eigenvalue weighted by Gasteiger charge is -2.38. The Morgan fingerprint density at radius 2 is 1.59 bits per heavy atom. The van der Waals surface area contributed by atoms with Crippen LogP contribution in [0.3, 0.4) is 0 Å². The number of carboxylic acids is 2. The number of hydrogen-bond acceptors (Lipinski definition) is 10. The van der Waals surface area contributed by atoms with Crippen molar-refractivity contribution in [1.29, 1.82) is 0 Å². The molecule has 7 N–H and O–H groups in total. The Morgan fingerprint density at radius 1 is 0.977 bits per heavy atom. The van der Waals surface area contributed by atoms with Gasteiger partial charge in [0.05, 0.1) is 30.9 Å². The summed E-state index contributed by atoms with van der Waals surface area (Å²) in [5.74, 6) is -3.59. The molecule has 0 unspecified atom stereocenters. The monoisotopic (exact) mass is 621 g/mol. The second-order valence-corrected chi connectivity index (χ2v) is 11.4. The first kappa shape index (κ1) is 35.2. The zero-order valence-electron chi connectivity index (χ0n) is 24.9. The Hall–Kier alpha value is -3.30. The van der Waals surface area contributed by atoms with Crippen LogP contribution in [0.25, 0.3) is 17.2 Å². The van der Waals surface area contributed by atoms with Crippen LogP contribution in [-0.2, 0) is 25.7 Å². The number of aliphatic hydroxyl groups is 5. The quantitative estimate of drug-likeness (QED) is 0.172. The average molecular weight is 622 g/mol. The molecule has 7 atom stereocenters. The summed E-state index contributed by atoms with van der Waals surface area (Å²) >= 11 is 0. The molecule has 1 saturated heterocycles. The molecule has 13 heteroatoms. The van der Waals surface area contributed by atoms with E-state index in [1.807, 2.05) is 27.7 Å². The number of carboxylic acid groups (broad SMARTS) is 2. The second-order valence-electron chi connectivity index (χ2n) is 11.4. The van der Waals surface area contributed by atoms with E-state index in [1.54, 1.807) is 18.2 Å². The standard InChI is InChI=1S/C31H40FNO11/c1-14(2)24-20(10-9-18(34)11-19(35)12-22(36)37)23(16-5-7-17(32)8-6-16)21(25(33-24)15(3)4)13-43-31-28(40)26(38)27(39)29(44-31)30(41)42/h5-10,14-15,18-19,26-29,31,34-35,38-40H,11-13H2,1-4H3,(H,36,37)(H,41,42)/b10-9+/t18-,19-,26+,27+,28+,29+,31-/m1/s1. The fourth-order valence-electron chi connectivity index (χ4n) is 5.06. The fourth-order valence-corrected chi connectivity index (χ4v) is 5.06. The van der Waals surface area contributed by atoms with Crippen LogP contribution in [0.15, 0.2) is 30.3 Å². The minimum absolute atomic E-state index is 0.146. The van der Waals surface area contributed by atoms with Gasteiger partial charge >= 0.3 is 11.9 Å². The van der Waals surface area contributed by atoms with E-state index in [1.165, 1.54) is 18.2 Å². The zero-order chi connectivity index (χ0) is 32.9. The lowest BCUT2D eigenvalue weighted by Crippen LogP contribution is -2.60. The molecule has 0 radical (unpaired) electrons. The molecular weight excluding hydrogens is 581 g/mol. The largest absolute Gasteiger partial charge is 0.481 e. The van der Waals surface area contributed by atoms with Gasteiger partial charge in [-0.1, -0.05) is 52.0 Å². The number of ether oxygens (including phenoxy) is 2. The number of carbonyl (C=O) groups is 2. The first-order valence-electron chi connectivity index (χ1n) is 14.2. The molecule has 1 aliphatic heterocycles. The van der Waals surface area contributed by atoms with E-state index in [9.17, 15) is 44.6 Å². The SMILES string of the molecule is CC(C)c1nc(C(C)C)c(CO[C@@H]2O[C@H](C(=O)O)[C@@H](O)[C@H](O)[C@@H]2O)c(-c2ccc(F)cc2)c1/C=C/[C@@H](O)C[C@@H](O)CC(=O)O. The van der Waals surface area contributed by atoms with Gasteiger partial charge in [0.2, 0.25) is 0 Å². The van der Waals surface area contributed by atoms with Crippen molar-refractivity contribution in [3.63, 3.8) is 0 Å². The predicted octanol–water partition coefficient (Wildman–Crippen LogP) is 2.14. The van der Waals surface area contributed by atoms with Crippen LogP contribution < -0.4 is 0 Å². The first-order chi connectivity index (χ1) is 20.6. The summed E-state index contributed by atoms with van der Waals surface area (Å²) in [4.78, 5) is 27.4. The maximum absolute atomic E-state index is 14.0. The summed E-state index contributed by atoms with van der Waals surface area (Å²) in [5.41, 5.74) is 3.25. The highest BCUT2D eigenvalue weighted by Crippen LogP contribution is 2.38. The number of nitrogens with zero attached hydrogens (tertiary/aromatic N) is 1. The highest BCUT2D eigenvalue weighted by molar-refractivity contribution is 5.80. The summed E-state index contributed by atoms with van der Waals surface area (Å²) in [6, 6.07) is 5.61. The minimum Gasteiger partial charge on any atom is -0.481 e. The van der Waals surface area contributed by atoms with Crippen molar-refractivity contribution in [1.82, 2.24) is 4.98 Å². The topological polar surface area (TPSA) is 207 Å². The van der Waals surface area contributed by atoms with Crippen molar-refractivity contribution in [3.8, 4) is 11.1 Å². The van der Waals surface area contributed by atoms with Gasteiger partial charge in [-0.05, 0) is 35.1 Å². The minimum atomic E-state index is -1.90. The number of pyridine rings is 1. The second kappa shape index (κ2) is 15.1. The fraction of sp³-hybridized carbons (Fsp3) is 0.516. The average Bonchev–Trinajstić information content (AvgIpc) is 2.93. The van der Waals surface area contributed by atoms with Crippen molar-refractivity contribution >= 4 is 18.0 Å². The predicted molar refractivity (Wildman–Crippen MR) is 155 cm³/mol.